The number of rotatable bonds is 8. The van der Waals surface area contributed by atoms with Crippen molar-refractivity contribution in [3.8, 4) is 0 Å². The summed E-state index contributed by atoms with van der Waals surface area (Å²) in [5, 5.41) is 0. The van der Waals surface area contributed by atoms with Crippen molar-refractivity contribution in [2.24, 2.45) is 5.92 Å². The quantitative estimate of drug-likeness (QED) is 0.420. The zero-order valence-corrected chi connectivity index (χ0v) is 10.3. The molecule has 0 N–H and O–H groups in total. The van der Waals surface area contributed by atoms with Crippen LogP contribution in [0.2, 0.25) is 0 Å². The lowest BCUT2D eigenvalue weighted by Gasteiger charge is -2.12. The second-order valence-electron chi connectivity index (χ2n) is 3.11. The van der Waals surface area contributed by atoms with E-state index < -0.39 is 0 Å². The summed E-state index contributed by atoms with van der Waals surface area (Å²) >= 11 is 0. The van der Waals surface area contributed by atoms with Gasteiger partial charge < -0.3 is 0 Å². The van der Waals surface area contributed by atoms with Crippen molar-refractivity contribution in [3.05, 3.63) is 0 Å². The maximum absolute atomic E-state index is 2.32. The molecule has 0 spiro atoms. The molecule has 0 rings (SSSR count). The van der Waals surface area contributed by atoms with Gasteiger partial charge in [0.25, 0.3) is 0 Å². The molecule has 0 nitrogen and oxygen atoms in total. The van der Waals surface area contributed by atoms with Gasteiger partial charge in [-0.15, -0.1) is 0 Å². The Bertz CT molecular complexity index is 83.9. The molecule has 0 saturated heterocycles. The number of hydrogen-bond donors (Lipinski definition) is 0. The normalized spacial score (nSPS) is 13.2. The van der Waals surface area contributed by atoms with E-state index in [1.165, 1.54) is 37.2 Å². The number of hydrogen-bond acceptors (Lipinski definition) is 2. The Morgan fingerprint density at radius 2 is 1.83 bits per heavy atom. The van der Waals surface area contributed by atoms with Crippen LogP contribution in [0.1, 0.15) is 46.5 Å². The first-order valence-corrected chi connectivity index (χ1v) is 7.58. The predicted molar refractivity (Wildman–Crippen MR) is 63.9 cm³/mol. The van der Waals surface area contributed by atoms with Crippen LogP contribution in [-0.2, 0) is 0 Å². The van der Waals surface area contributed by atoms with E-state index in [-0.39, 0.29) is 0 Å². The molecule has 0 saturated carbocycles. The summed E-state index contributed by atoms with van der Waals surface area (Å²) in [7, 11) is 4.05. The summed E-state index contributed by atoms with van der Waals surface area (Å²) in [5.74, 6) is 3.57. The highest BCUT2D eigenvalue weighted by Gasteiger charge is 2.04. The summed E-state index contributed by atoms with van der Waals surface area (Å²) in [6, 6.07) is 0. The Labute approximate surface area is 85.7 Å². The zero-order valence-electron chi connectivity index (χ0n) is 8.64. The van der Waals surface area contributed by atoms with Gasteiger partial charge in [-0.2, -0.15) is 0 Å². The minimum Gasteiger partial charge on any atom is -0.0944 e. The van der Waals surface area contributed by atoms with Crippen molar-refractivity contribution in [1.29, 1.82) is 0 Å². The summed E-state index contributed by atoms with van der Waals surface area (Å²) in [6.07, 6.45) is 5.56. The highest BCUT2D eigenvalue weighted by Crippen LogP contribution is 2.26. The smallest absolute Gasteiger partial charge is 0.00652 e. The van der Waals surface area contributed by atoms with E-state index >= 15 is 0 Å². The van der Waals surface area contributed by atoms with Gasteiger partial charge in [0.05, 0.1) is 0 Å². The van der Waals surface area contributed by atoms with Crippen molar-refractivity contribution in [2.75, 3.05) is 11.5 Å². The van der Waals surface area contributed by atoms with Crippen LogP contribution in [0.4, 0.5) is 0 Å². The van der Waals surface area contributed by atoms with Gasteiger partial charge in [0, 0.05) is 11.5 Å². The SMILES string of the molecule is CCCCC(CC)CSSCC. The molecule has 0 fully saturated rings. The van der Waals surface area contributed by atoms with E-state index in [0.717, 1.165) is 5.92 Å². The maximum Gasteiger partial charge on any atom is 0.00652 e. The van der Waals surface area contributed by atoms with Gasteiger partial charge in [0.1, 0.15) is 0 Å². The van der Waals surface area contributed by atoms with Crippen molar-refractivity contribution in [3.63, 3.8) is 0 Å². The molecule has 0 bridgehead atoms. The monoisotopic (exact) mass is 206 g/mol. The lowest BCUT2D eigenvalue weighted by molar-refractivity contribution is 0.500. The lowest BCUT2D eigenvalue weighted by Crippen LogP contribution is -2.01. The molecule has 0 aromatic rings. The first-order chi connectivity index (χ1) is 5.85. The maximum atomic E-state index is 2.32. The fraction of sp³-hybridized carbons (Fsp3) is 1.00. The molecule has 1 atom stereocenters. The Morgan fingerprint density at radius 1 is 1.08 bits per heavy atom. The molecular weight excluding hydrogens is 184 g/mol. The number of unbranched alkanes of at least 4 members (excludes halogenated alkanes) is 1. The second kappa shape index (κ2) is 9.79. The molecule has 0 aliphatic carbocycles. The van der Waals surface area contributed by atoms with Gasteiger partial charge in [0.15, 0.2) is 0 Å². The van der Waals surface area contributed by atoms with E-state index in [0.29, 0.717) is 0 Å². The van der Waals surface area contributed by atoms with E-state index in [1.54, 1.807) is 0 Å². The molecule has 0 amide bonds. The third kappa shape index (κ3) is 7.35. The van der Waals surface area contributed by atoms with E-state index in [4.69, 9.17) is 0 Å². The van der Waals surface area contributed by atoms with Gasteiger partial charge in [-0.05, 0) is 12.3 Å². The Morgan fingerprint density at radius 3 is 2.33 bits per heavy atom. The van der Waals surface area contributed by atoms with Gasteiger partial charge in [-0.1, -0.05) is 61.6 Å². The molecule has 1 unspecified atom stereocenters. The minimum atomic E-state index is 0.967. The van der Waals surface area contributed by atoms with Crippen molar-refractivity contribution in [1.82, 2.24) is 0 Å². The average molecular weight is 206 g/mol. The Balaban J connectivity index is 3.26. The van der Waals surface area contributed by atoms with Crippen LogP contribution < -0.4 is 0 Å². The fourth-order valence-corrected chi connectivity index (χ4v) is 3.35. The van der Waals surface area contributed by atoms with Crippen LogP contribution in [0.25, 0.3) is 0 Å². The van der Waals surface area contributed by atoms with Gasteiger partial charge in [-0.25, -0.2) is 0 Å². The molecule has 0 aliphatic heterocycles. The summed E-state index contributed by atoms with van der Waals surface area (Å²) in [6.45, 7) is 6.82. The van der Waals surface area contributed by atoms with Crippen molar-refractivity contribution in [2.45, 2.75) is 46.5 Å². The van der Waals surface area contributed by atoms with E-state index in [1.807, 2.05) is 10.8 Å². The third-order valence-corrected chi connectivity index (χ3v) is 4.67. The largest absolute Gasteiger partial charge is 0.0944 e. The predicted octanol–water partition coefficient (Wildman–Crippen LogP) is 4.60. The zero-order chi connectivity index (χ0) is 9.23. The third-order valence-electron chi connectivity index (χ3n) is 2.05. The van der Waals surface area contributed by atoms with Gasteiger partial charge in [0.2, 0.25) is 0 Å². The van der Waals surface area contributed by atoms with Crippen LogP contribution in [0, 0.1) is 5.92 Å². The van der Waals surface area contributed by atoms with Gasteiger partial charge >= 0.3 is 0 Å². The standard InChI is InChI=1S/C10H22S2/c1-4-7-8-10(5-2)9-12-11-6-3/h10H,4-9H2,1-3H3. The summed E-state index contributed by atoms with van der Waals surface area (Å²) in [4.78, 5) is 0. The minimum absolute atomic E-state index is 0.967. The highest BCUT2D eigenvalue weighted by molar-refractivity contribution is 8.76. The van der Waals surface area contributed by atoms with E-state index in [2.05, 4.69) is 31.6 Å². The van der Waals surface area contributed by atoms with Crippen LogP contribution >= 0.6 is 21.6 Å². The van der Waals surface area contributed by atoms with Crippen molar-refractivity contribution >= 4 is 21.6 Å². The highest BCUT2D eigenvalue weighted by atomic mass is 33.1. The first kappa shape index (κ1) is 12.7. The van der Waals surface area contributed by atoms with Crippen LogP contribution in [-0.4, -0.2) is 11.5 Å². The Kier molecular flexibility index (Phi) is 10.4. The lowest BCUT2D eigenvalue weighted by atomic mass is 10.0. The average Bonchev–Trinajstić information content (AvgIpc) is 2.11. The molecule has 0 aromatic heterocycles. The molecule has 12 heavy (non-hydrogen) atoms. The molecular formula is C10H22S2. The van der Waals surface area contributed by atoms with Crippen LogP contribution in [0.3, 0.4) is 0 Å². The second-order valence-corrected chi connectivity index (χ2v) is 5.90. The topological polar surface area (TPSA) is 0 Å². The molecule has 0 heterocycles. The molecule has 0 radical (unpaired) electrons. The summed E-state index contributed by atoms with van der Waals surface area (Å²) < 4.78 is 0. The van der Waals surface area contributed by atoms with E-state index in [9.17, 15) is 0 Å². The molecule has 2 heteroatoms. The van der Waals surface area contributed by atoms with Crippen molar-refractivity contribution < 1.29 is 0 Å². The fourth-order valence-electron chi connectivity index (χ4n) is 1.13. The van der Waals surface area contributed by atoms with Crippen LogP contribution in [0.5, 0.6) is 0 Å². The van der Waals surface area contributed by atoms with Crippen LogP contribution in [0.15, 0.2) is 0 Å². The first-order valence-electron chi connectivity index (χ1n) is 5.09. The summed E-state index contributed by atoms with van der Waals surface area (Å²) in [5.41, 5.74) is 0. The Hall–Kier alpha value is 0.700. The molecule has 74 valence electrons. The van der Waals surface area contributed by atoms with Gasteiger partial charge in [-0.3, -0.25) is 0 Å². The molecule has 0 aromatic carbocycles. The molecule has 0 aliphatic rings.